The average Bonchev–Trinajstić information content (AvgIpc) is 2.63. The fourth-order valence-corrected chi connectivity index (χ4v) is 2.81. The summed E-state index contributed by atoms with van der Waals surface area (Å²) in [5.74, 6) is 1.05. The van der Waals surface area contributed by atoms with Crippen molar-refractivity contribution in [2.45, 2.75) is 39.3 Å². The van der Waals surface area contributed by atoms with Gasteiger partial charge in [-0.15, -0.1) is 0 Å². The van der Waals surface area contributed by atoms with E-state index in [1.165, 1.54) is 21.2 Å². The monoisotopic (exact) mass is 283 g/mol. The number of benzene rings is 1. The van der Waals surface area contributed by atoms with Crippen molar-refractivity contribution in [3.63, 3.8) is 0 Å². The van der Waals surface area contributed by atoms with E-state index in [0.29, 0.717) is 6.04 Å². The van der Waals surface area contributed by atoms with Gasteiger partial charge >= 0.3 is 0 Å². The molecule has 0 spiro atoms. The number of likely N-dealkylation sites (N-methyl/N-ethyl adjacent to an activating group) is 1. The van der Waals surface area contributed by atoms with E-state index in [9.17, 15) is 0 Å². The molecular formula is C13H18BrNO. The van der Waals surface area contributed by atoms with Crippen LogP contribution in [0.3, 0.4) is 0 Å². The third-order valence-corrected chi connectivity index (χ3v) is 4.59. The van der Waals surface area contributed by atoms with Crippen molar-refractivity contribution in [3.8, 4) is 5.75 Å². The van der Waals surface area contributed by atoms with Gasteiger partial charge in [-0.1, -0.05) is 22.9 Å². The van der Waals surface area contributed by atoms with E-state index in [1.807, 2.05) is 7.05 Å². The number of fused-ring (bicyclic) bond motifs is 1. The molecule has 1 aliphatic rings. The van der Waals surface area contributed by atoms with Crippen LogP contribution in [0.5, 0.6) is 5.75 Å². The van der Waals surface area contributed by atoms with Crippen LogP contribution >= 0.6 is 15.9 Å². The summed E-state index contributed by atoms with van der Waals surface area (Å²) in [6.07, 6.45) is 1.28. The molecule has 0 aliphatic carbocycles. The quantitative estimate of drug-likeness (QED) is 0.897. The summed E-state index contributed by atoms with van der Waals surface area (Å²) in [5, 5.41) is 3.36. The Labute approximate surface area is 106 Å². The molecular weight excluding hydrogens is 266 g/mol. The Morgan fingerprint density at radius 3 is 2.69 bits per heavy atom. The molecule has 2 atom stereocenters. The van der Waals surface area contributed by atoms with E-state index in [2.05, 4.69) is 48.1 Å². The summed E-state index contributed by atoms with van der Waals surface area (Å²) in [5.41, 5.74) is 3.85. The molecule has 1 aliphatic heterocycles. The number of aryl methyl sites for hydroxylation is 1. The standard InChI is InChI=1S/C13H18BrNO/c1-5-9-13(15-4)11-8(3)12(14)7(2)6-10(11)16-9/h6,9,13,15H,5H2,1-4H3. The van der Waals surface area contributed by atoms with Crippen LogP contribution in [-0.4, -0.2) is 13.2 Å². The second-order valence-corrected chi connectivity index (χ2v) is 5.17. The molecule has 0 aromatic heterocycles. The van der Waals surface area contributed by atoms with Crippen LogP contribution in [0.15, 0.2) is 10.5 Å². The third-order valence-electron chi connectivity index (χ3n) is 3.37. The van der Waals surface area contributed by atoms with Crippen LogP contribution in [0.1, 0.15) is 36.1 Å². The van der Waals surface area contributed by atoms with Crippen molar-refractivity contribution >= 4 is 15.9 Å². The normalized spacial score (nSPS) is 23.1. The van der Waals surface area contributed by atoms with Crippen molar-refractivity contribution < 1.29 is 4.74 Å². The Balaban J connectivity index is 2.55. The zero-order valence-corrected chi connectivity index (χ0v) is 11.8. The number of hydrogen-bond donors (Lipinski definition) is 1. The first-order valence-corrected chi connectivity index (χ1v) is 6.53. The molecule has 0 saturated carbocycles. The number of ether oxygens (including phenoxy) is 1. The Bertz CT molecular complexity index is 417. The second kappa shape index (κ2) is 4.38. The molecule has 2 rings (SSSR count). The molecule has 1 aromatic carbocycles. The van der Waals surface area contributed by atoms with E-state index in [4.69, 9.17) is 4.74 Å². The first-order valence-electron chi connectivity index (χ1n) is 5.73. The van der Waals surface area contributed by atoms with Crippen molar-refractivity contribution in [3.05, 3.63) is 27.2 Å². The van der Waals surface area contributed by atoms with Gasteiger partial charge < -0.3 is 10.1 Å². The fourth-order valence-electron chi connectivity index (χ4n) is 2.49. The predicted molar refractivity (Wildman–Crippen MR) is 70.1 cm³/mol. The van der Waals surface area contributed by atoms with Gasteiger partial charge in [-0.2, -0.15) is 0 Å². The van der Waals surface area contributed by atoms with Gasteiger partial charge in [0, 0.05) is 10.0 Å². The molecule has 1 heterocycles. The minimum atomic E-state index is 0.257. The molecule has 88 valence electrons. The molecule has 2 unspecified atom stereocenters. The summed E-state index contributed by atoms with van der Waals surface area (Å²) in [6.45, 7) is 6.42. The van der Waals surface area contributed by atoms with Gasteiger partial charge in [0.25, 0.3) is 0 Å². The van der Waals surface area contributed by atoms with Crippen LogP contribution in [0.4, 0.5) is 0 Å². The SMILES string of the molecule is CCC1Oc2cc(C)c(Br)c(C)c2C1NC. The number of hydrogen-bond acceptors (Lipinski definition) is 2. The highest BCUT2D eigenvalue weighted by atomic mass is 79.9. The Morgan fingerprint density at radius 2 is 2.12 bits per heavy atom. The van der Waals surface area contributed by atoms with Crippen LogP contribution in [0.2, 0.25) is 0 Å². The largest absolute Gasteiger partial charge is 0.488 e. The van der Waals surface area contributed by atoms with Crippen LogP contribution < -0.4 is 10.1 Å². The number of nitrogens with one attached hydrogen (secondary N) is 1. The maximum absolute atomic E-state index is 5.99. The van der Waals surface area contributed by atoms with E-state index in [0.717, 1.165) is 12.2 Å². The molecule has 0 fully saturated rings. The van der Waals surface area contributed by atoms with Crippen molar-refractivity contribution in [2.75, 3.05) is 7.05 Å². The molecule has 16 heavy (non-hydrogen) atoms. The molecule has 0 saturated heterocycles. The highest BCUT2D eigenvalue weighted by Gasteiger charge is 2.34. The number of rotatable bonds is 2. The second-order valence-electron chi connectivity index (χ2n) is 4.38. The first kappa shape index (κ1) is 11.9. The molecule has 0 amide bonds. The van der Waals surface area contributed by atoms with Crippen LogP contribution in [0.25, 0.3) is 0 Å². The summed E-state index contributed by atoms with van der Waals surface area (Å²) >= 11 is 3.65. The summed E-state index contributed by atoms with van der Waals surface area (Å²) in [6, 6.07) is 2.45. The third kappa shape index (κ3) is 1.66. The zero-order valence-electron chi connectivity index (χ0n) is 10.2. The van der Waals surface area contributed by atoms with Gasteiger partial charge in [0.05, 0.1) is 6.04 Å². The fraction of sp³-hybridized carbons (Fsp3) is 0.538. The summed E-state index contributed by atoms with van der Waals surface area (Å²) in [4.78, 5) is 0. The Kier molecular flexibility index (Phi) is 3.27. The molecule has 2 nitrogen and oxygen atoms in total. The first-order chi connectivity index (χ1) is 7.60. The lowest BCUT2D eigenvalue weighted by Crippen LogP contribution is -2.28. The topological polar surface area (TPSA) is 21.3 Å². The molecule has 0 bridgehead atoms. The van der Waals surface area contributed by atoms with Gasteiger partial charge in [-0.05, 0) is 44.5 Å². The van der Waals surface area contributed by atoms with Gasteiger partial charge in [-0.25, -0.2) is 0 Å². The van der Waals surface area contributed by atoms with Crippen molar-refractivity contribution in [2.24, 2.45) is 0 Å². The minimum absolute atomic E-state index is 0.257. The Hall–Kier alpha value is -0.540. The molecule has 1 aromatic rings. The van der Waals surface area contributed by atoms with E-state index >= 15 is 0 Å². The smallest absolute Gasteiger partial charge is 0.125 e. The summed E-state index contributed by atoms with van der Waals surface area (Å²) < 4.78 is 7.19. The van der Waals surface area contributed by atoms with Gasteiger partial charge in [0.2, 0.25) is 0 Å². The predicted octanol–water partition coefficient (Wildman–Crippen LogP) is 3.50. The van der Waals surface area contributed by atoms with Gasteiger partial charge in [-0.3, -0.25) is 0 Å². The Morgan fingerprint density at radius 1 is 1.44 bits per heavy atom. The maximum atomic E-state index is 5.99. The van der Waals surface area contributed by atoms with E-state index < -0.39 is 0 Å². The van der Waals surface area contributed by atoms with Crippen molar-refractivity contribution in [1.29, 1.82) is 0 Å². The maximum Gasteiger partial charge on any atom is 0.125 e. The summed E-state index contributed by atoms with van der Waals surface area (Å²) in [7, 11) is 2.00. The zero-order chi connectivity index (χ0) is 11.9. The van der Waals surface area contributed by atoms with Gasteiger partial charge in [0.15, 0.2) is 0 Å². The van der Waals surface area contributed by atoms with Crippen LogP contribution in [-0.2, 0) is 0 Å². The number of halogens is 1. The van der Waals surface area contributed by atoms with E-state index in [-0.39, 0.29) is 6.10 Å². The van der Waals surface area contributed by atoms with E-state index in [1.54, 1.807) is 0 Å². The average molecular weight is 284 g/mol. The highest BCUT2D eigenvalue weighted by molar-refractivity contribution is 9.10. The van der Waals surface area contributed by atoms with Crippen LogP contribution in [0, 0.1) is 13.8 Å². The highest BCUT2D eigenvalue weighted by Crippen LogP contribution is 2.43. The van der Waals surface area contributed by atoms with Gasteiger partial charge in [0.1, 0.15) is 11.9 Å². The van der Waals surface area contributed by atoms with Crippen molar-refractivity contribution in [1.82, 2.24) is 5.32 Å². The molecule has 0 radical (unpaired) electrons. The molecule has 3 heteroatoms. The lowest BCUT2D eigenvalue weighted by Gasteiger charge is -2.17. The lowest BCUT2D eigenvalue weighted by molar-refractivity contribution is 0.189. The lowest BCUT2D eigenvalue weighted by atomic mass is 9.96. The minimum Gasteiger partial charge on any atom is -0.488 e. The molecule has 1 N–H and O–H groups in total.